The predicted octanol–water partition coefficient (Wildman–Crippen LogP) is 2.38. The highest BCUT2D eigenvalue weighted by molar-refractivity contribution is 5.89. The van der Waals surface area contributed by atoms with Crippen LogP contribution >= 0.6 is 0 Å². The summed E-state index contributed by atoms with van der Waals surface area (Å²) in [6.07, 6.45) is 1.80. The molecule has 134 valence electrons. The van der Waals surface area contributed by atoms with Gasteiger partial charge >= 0.3 is 0 Å². The van der Waals surface area contributed by atoms with Gasteiger partial charge in [0.15, 0.2) is 0 Å². The van der Waals surface area contributed by atoms with Crippen molar-refractivity contribution in [1.82, 2.24) is 20.2 Å². The number of aromatic nitrogens is 2. The maximum absolute atomic E-state index is 12.6. The number of likely N-dealkylation sites (tertiary alicyclic amines) is 1. The number of carbonyl (C=O) groups is 2. The van der Waals surface area contributed by atoms with Crippen LogP contribution in [0.4, 0.5) is 0 Å². The van der Waals surface area contributed by atoms with E-state index in [1.54, 1.807) is 17.2 Å². The van der Waals surface area contributed by atoms with Gasteiger partial charge in [-0.15, -0.1) is 0 Å². The maximum atomic E-state index is 12.6. The third-order valence-corrected chi connectivity index (χ3v) is 4.69. The van der Waals surface area contributed by atoms with Gasteiger partial charge < -0.3 is 19.6 Å². The molecule has 7 nitrogen and oxygen atoms in total. The van der Waals surface area contributed by atoms with Gasteiger partial charge in [0.1, 0.15) is 11.6 Å². The molecule has 1 aliphatic rings. The molecular formula is C19H20N4O3. The van der Waals surface area contributed by atoms with Crippen molar-refractivity contribution in [2.45, 2.75) is 25.9 Å². The van der Waals surface area contributed by atoms with Crippen LogP contribution in [0, 0.1) is 5.92 Å². The molecule has 7 heteroatoms. The molecule has 26 heavy (non-hydrogen) atoms. The fraction of sp³-hybridized carbons (Fsp3) is 0.316. The van der Waals surface area contributed by atoms with E-state index in [4.69, 9.17) is 4.42 Å². The SMILES string of the molecule is C[C@@H](NC(=O)[C@@H]1CC(=O)N(Cc2ccco2)C1)c1nc2ccccc2[nH]1. The lowest BCUT2D eigenvalue weighted by molar-refractivity contribution is -0.129. The predicted molar refractivity (Wildman–Crippen MR) is 94.9 cm³/mol. The molecule has 2 atom stereocenters. The second kappa shape index (κ2) is 6.67. The summed E-state index contributed by atoms with van der Waals surface area (Å²) < 4.78 is 5.28. The van der Waals surface area contributed by atoms with E-state index in [-0.39, 0.29) is 30.2 Å². The fourth-order valence-corrected chi connectivity index (χ4v) is 3.27. The standard InChI is InChI=1S/C19H20N4O3/c1-12(18-21-15-6-2-3-7-16(15)22-18)20-19(25)13-9-17(24)23(10-13)11-14-5-4-8-26-14/h2-8,12-13H,9-11H2,1H3,(H,20,25)(H,21,22)/t12-,13-/m1/s1. The summed E-state index contributed by atoms with van der Waals surface area (Å²) in [5.41, 5.74) is 1.80. The fourth-order valence-electron chi connectivity index (χ4n) is 3.27. The average molecular weight is 352 g/mol. The third kappa shape index (κ3) is 3.20. The first-order valence-corrected chi connectivity index (χ1v) is 8.65. The number of amides is 2. The van der Waals surface area contributed by atoms with Crippen LogP contribution in [0.3, 0.4) is 0 Å². The van der Waals surface area contributed by atoms with E-state index in [9.17, 15) is 9.59 Å². The maximum Gasteiger partial charge on any atom is 0.226 e. The summed E-state index contributed by atoms with van der Waals surface area (Å²) in [6.45, 7) is 2.68. The van der Waals surface area contributed by atoms with Gasteiger partial charge in [0, 0.05) is 13.0 Å². The Labute approximate surface area is 150 Å². The molecule has 0 aliphatic carbocycles. The number of carbonyl (C=O) groups excluding carboxylic acids is 2. The number of fused-ring (bicyclic) bond motifs is 1. The molecule has 1 aromatic carbocycles. The number of nitrogens with one attached hydrogen (secondary N) is 2. The van der Waals surface area contributed by atoms with E-state index in [0.29, 0.717) is 18.9 Å². The number of hydrogen-bond donors (Lipinski definition) is 2. The van der Waals surface area contributed by atoms with Crippen molar-refractivity contribution in [3.05, 3.63) is 54.2 Å². The van der Waals surface area contributed by atoms with Gasteiger partial charge in [0.25, 0.3) is 0 Å². The number of benzene rings is 1. The molecule has 3 aromatic rings. The second-order valence-corrected chi connectivity index (χ2v) is 6.62. The molecule has 2 amide bonds. The summed E-state index contributed by atoms with van der Waals surface area (Å²) in [7, 11) is 0. The molecule has 1 fully saturated rings. The van der Waals surface area contributed by atoms with Crippen LogP contribution in [0.1, 0.15) is 31.0 Å². The number of imidazole rings is 1. The summed E-state index contributed by atoms with van der Waals surface area (Å²) in [4.78, 5) is 34.2. The number of nitrogens with zero attached hydrogens (tertiary/aromatic N) is 2. The Bertz CT molecular complexity index is 898. The molecule has 2 aromatic heterocycles. The van der Waals surface area contributed by atoms with Gasteiger partial charge in [-0.2, -0.15) is 0 Å². The molecular weight excluding hydrogens is 332 g/mol. The minimum absolute atomic E-state index is 0.0297. The Morgan fingerprint density at radius 2 is 2.23 bits per heavy atom. The highest BCUT2D eigenvalue weighted by Crippen LogP contribution is 2.22. The summed E-state index contributed by atoms with van der Waals surface area (Å²) >= 11 is 0. The van der Waals surface area contributed by atoms with Crippen LogP contribution in [0.25, 0.3) is 11.0 Å². The molecule has 0 spiro atoms. The zero-order chi connectivity index (χ0) is 18.1. The van der Waals surface area contributed by atoms with E-state index >= 15 is 0 Å². The van der Waals surface area contributed by atoms with Crippen LogP contribution in [-0.4, -0.2) is 33.2 Å². The van der Waals surface area contributed by atoms with Crippen molar-refractivity contribution in [3.63, 3.8) is 0 Å². The van der Waals surface area contributed by atoms with Crippen LogP contribution < -0.4 is 5.32 Å². The normalized spacial score (nSPS) is 18.4. The number of aromatic amines is 1. The van der Waals surface area contributed by atoms with Crippen molar-refractivity contribution in [3.8, 4) is 0 Å². The highest BCUT2D eigenvalue weighted by Gasteiger charge is 2.35. The van der Waals surface area contributed by atoms with E-state index in [2.05, 4.69) is 15.3 Å². The molecule has 0 bridgehead atoms. The molecule has 0 saturated carbocycles. The lowest BCUT2D eigenvalue weighted by Crippen LogP contribution is -2.34. The minimum Gasteiger partial charge on any atom is -0.467 e. The monoisotopic (exact) mass is 352 g/mol. The number of para-hydroxylation sites is 2. The summed E-state index contributed by atoms with van der Waals surface area (Å²) in [6, 6.07) is 11.1. The van der Waals surface area contributed by atoms with Crippen molar-refractivity contribution < 1.29 is 14.0 Å². The van der Waals surface area contributed by atoms with Crippen LogP contribution in [-0.2, 0) is 16.1 Å². The van der Waals surface area contributed by atoms with Crippen LogP contribution in [0.2, 0.25) is 0 Å². The molecule has 4 rings (SSSR count). The lowest BCUT2D eigenvalue weighted by atomic mass is 10.1. The van der Waals surface area contributed by atoms with Gasteiger partial charge in [-0.3, -0.25) is 9.59 Å². The Balaban J connectivity index is 1.39. The van der Waals surface area contributed by atoms with Crippen molar-refractivity contribution in [1.29, 1.82) is 0 Å². The molecule has 1 aliphatic heterocycles. The van der Waals surface area contributed by atoms with Gasteiger partial charge in [-0.05, 0) is 31.2 Å². The van der Waals surface area contributed by atoms with E-state index in [1.165, 1.54) is 0 Å². The van der Waals surface area contributed by atoms with Gasteiger partial charge in [-0.25, -0.2) is 4.98 Å². The zero-order valence-electron chi connectivity index (χ0n) is 14.4. The zero-order valence-corrected chi connectivity index (χ0v) is 14.4. The topological polar surface area (TPSA) is 91.2 Å². The van der Waals surface area contributed by atoms with Crippen LogP contribution in [0.15, 0.2) is 47.1 Å². The third-order valence-electron chi connectivity index (χ3n) is 4.69. The lowest BCUT2D eigenvalue weighted by Gasteiger charge is -2.17. The van der Waals surface area contributed by atoms with Gasteiger partial charge in [0.2, 0.25) is 11.8 Å². The molecule has 2 N–H and O–H groups in total. The van der Waals surface area contributed by atoms with Crippen molar-refractivity contribution in [2.24, 2.45) is 5.92 Å². The van der Waals surface area contributed by atoms with E-state index in [0.717, 1.165) is 16.8 Å². The smallest absolute Gasteiger partial charge is 0.226 e. The Morgan fingerprint density at radius 1 is 1.38 bits per heavy atom. The van der Waals surface area contributed by atoms with Gasteiger partial charge in [0.05, 0.1) is 35.8 Å². The van der Waals surface area contributed by atoms with Crippen molar-refractivity contribution in [2.75, 3.05) is 6.54 Å². The number of H-pyrrole nitrogens is 1. The number of rotatable bonds is 5. The number of furan rings is 1. The first kappa shape index (κ1) is 16.4. The first-order valence-electron chi connectivity index (χ1n) is 8.65. The molecule has 1 saturated heterocycles. The summed E-state index contributed by atoms with van der Waals surface area (Å²) in [5, 5.41) is 2.96. The molecule has 3 heterocycles. The quantitative estimate of drug-likeness (QED) is 0.737. The summed E-state index contributed by atoms with van der Waals surface area (Å²) in [5.74, 6) is 0.904. The highest BCUT2D eigenvalue weighted by atomic mass is 16.3. The molecule has 0 unspecified atom stereocenters. The molecule has 0 radical (unpaired) electrons. The number of hydrogen-bond acceptors (Lipinski definition) is 4. The Morgan fingerprint density at radius 3 is 3.00 bits per heavy atom. The van der Waals surface area contributed by atoms with Crippen molar-refractivity contribution >= 4 is 22.8 Å². The Hall–Kier alpha value is -3.09. The van der Waals surface area contributed by atoms with Gasteiger partial charge in [-0.1, -0.05) is 12.1 Å². The average Bonchev–Trinajstić information content (AvgIpc) is 3.35. The second-order valence-electron chi connectivity index (χ2n) is 6.62. The van der Waals surface area contributed by atoms with Crippen LogP contribution in [0.5, 0.6) is 0 Å². The largest absolute Gasteiger partial charge is 0.467 e. The van der Waals surface area contributed by atoms with E-state index in [1.807, 2.05) is 37.3 Å². The minimum atomic E-state index is -0.357. The first-order chi connectivity index (χ1) is 12.6. The Kier molecular flexibility index (Phi) is 4.20. The van der Waals surface area contributed by atoms with E-state index < -0.39 is 0 Å².